The third-order valence-corrected chi connectivity index (χ3v) is 8.45. The van der Waals surface area contributed by atoms with E-state index in [0.29, 0.717) is 36.2 Å². The average molecular weight is 598 g/mol. The molecule has 1 aliphatic heterocycles. The van der Waals surface area contributed by atoms with Crippen LogP contribution in [-0.2, 0) is 24.2 Å². The second kappa shape index (κ2) is 13.6. The second-order valence-electron chi connectivity index (χ2n) is 12.6. The zero-order valence-electron chi connectivity index (χ0n) is 26.4. The molecule has 1 amide bonds. The molecule has 9 nitrogen and oxygen atoms in total. The number of aryl methyl sites for hydroxylation is 1. The number of carbonyl (C=O) groups is 1. The van der Waals surface area contributed by atoms with E-state index in [2.05, 4.69) is 30.9 Å². The van der Waals surface area contributed by atoms with Crippen LogP contribution in [-0.4, -0.2) is 43.6 Å². The lowest BCUT2D eigenvalue weighted by Crippen LogP contribution is -2.44. The molecular weight excluding hydrogens is 554 g/mol. The van der Waals surface area contributed by atoms with Gasteiger partial charge in [-0.15, -0.1) is 0 Å². The molecule has 3 heterocycles. The molecule has 9 heteroatoms. The smallest absolute Gasteiger partial charge is 0.342 e. The van der Waals surface area contributed by atoms with Crippen molar-refractivity contribution in [3.63, 3.8) is 0 Å². The number of hydrogen-bond acceptors (Lipinski definition) is 6. The normalized spacial score (nSPS) is 16.9. The zero-order valence-corrected chi connectivity index (χ0v) is 26.4. The molecule has 0 saturated carbocycles. The summed E-state index contributed by atoms with van der Waals surface area (Å²) in [5.74, 6) is 1.47. The summed E-state index contributed by atoms with van der Waals surface area (Å²) in [7, 11) is 0. The SMILES string of the molecule is CCCCc1nc(C(C)C)c(CC(=O)N2CC(C)CC(C)C2)c(=O)n1Cc1ccc(-c2ccccc2-c2noc(=O)[nH]2)cc1. The molecule has 2 aromatic heterocycles. The zero-order chi connectivity index (χ0) is 31.4. The van der Waals surface area contributed by atoms with E-state index in [-0.39, 0.29) is 23.8 Å². The first-order valence-corrected chi connectivity index (χ1v) is 15.8. The van der Waals surface area contributed by atoms with E-state index in [1.807, 2.05) is 67.3 Å². The molecule has 44 heavy (non-hydrogen) atoms. The number of carbonyl (C=O) groups excluding carboxylic acids is 1. The van der Waals surface area contributed by atoms with Crippen LogP contribution < -0.4 is 11.3 Å². The van der Waals surface area contributed by atoms with Crippen LogP contribution in [0.2, 0.25) is 0 Å². The molecular formula is C35H43N5O4. The van der Waals surface area contributed by atoms with Gasteiger partial charge < -0.3 is 4.90 Å². The van der Waals surface area contributed by atoms with Crippen molar-refractivity contribution in [3.05, 3.63) is 92.1 Å². The van der Waals surface area contributed by atoms with Crippen LogP contribution in [0, 0.1) is 11.8 Å². The van der Waals surface area contributed by atoms with Gasteiger partial charge in [-0.25, -0.2) is 9.78 Å². The van der Waals surface area contributed by atoms with Crippen LogP contribution in [0.3, 0.4) is 0 Å². The molecule has 0 bridgehead atoms. The van der Waals surface area contributed by atoms with Crippen molar-refractivity contribution in [2.45, 2.75) is 79.2 Å². The van der Waals surface area contributed by atoms with Crippen LogP contribution in [0.15, 0.2) is 62.6 Å². The summed E-state index contributed by atoms with van der Waals surface area (Å²) in [6.07, 6.45) is 3.80. The molecule has 1 aliphatic rings. The maximum absolute atomic E-state index is 14.2. The minimum atomic E-state index is -0.604. The van der Waals surface area contributed by atoms with Gasteiger partial charge in [0.25, 0.3) is 5.56 Å². The Morgan fingerprint density at radius 3 is 2.32 bits per heavy atom. The average Bonchev–Trinajstić information content (AvgIpc) is 3.44. The fraction of sp³-hybridized carbons (Fsp3) is 0.457. The van der Waals surface area contributed by atoms with Gasteiger partial charge in [0, 0.05) is 30.6 Å². The van der Waals surface area contributed by atoms with Crippen LogP contribution in [0.1, 0.15) is 82.4 Å². The molecule has 1 N–H and O–H groups in total. The van der Waals surface area contributed by atoms with E-state index in [0.717, 1.165) is 66.1 Å². The molecule has 2 aromatic carbocycles. The lowest BCUT2D eigenvalue weighted by molar-refractivity contribution is -0.133. The van der Waals surface area contributed by atoms with Crippen LogP contribution in [0.4, 0.5) is 0 Å². The van der Waals surface area contributed by atoms with Crippen molar-refractivity contribution >= 4 is 5.91 Å². The highest BCUT2D eigenvalue weighted by molar-refractivity contribution is 5.80. The summed E-state index contributed by atoms with van der Waals surface area (Å²) in [6.45, 7) is 12.4. The number of unbranched alkanes of at least 4 members (excludes halogenated alkanes) is 1. The van der Waals surface area contributed by atoms with Crippen molar-refractivity contribution in [2.75, 3.05) is 13.1 Å². The standard InChI is InChI=1S/C35H43N5O4/c1-6-7-12-30-36-32(22(2)3)29(18-31(41)39-19-23(4)17-24(5)20-39)34(42)40(30)21-25-13-15-26(16-14-25)27-10-8-9-11-28(27)33-37-35(43)44-38-33/h8-11,13-16,22-24H,6-7,12,17-21H2,1-5H3,(H,37,38,43). The minimum Gasteiger partial charge on any atom is -0.342 e. The molecule has 5 rings (SSSR count). The van der Waals surface area contributed by atoms with E-state index in [1.165, 1.54) is 0 Å². The highest BCUT2D eigenvalue weighted by Gasteiger charge is 2.28. The predicted octanol–water partition coefficient (Wildman–Crippen LogP) is 5.81. The topological polar surface area (TPSA) is 114 Å². The van der Waals surface area contributed by atoms with Gasteiger partial charge in [0.15, 0.2) is 5.82 Å². The number of H-pyrrole nitrogens is 1. The number of nitrogens with zero attached hydrogens (tertiary/aromatic N) is 4. The van der Waals surface area contributed by atoms with Gasteiger partial charge in [-0.1, -0.05) is 94.7 Å². The molecule has 4 aromatic rings. The Hall–Kier alpha value is -4.27. The van der Waals surface area contributed by atoms with Crippen molar-refractivity contribution in [1.29, 1.82) is 0 Å². The Bertz CT molecular complexity index is 1710. The Balaban J connectivity index is 1.48. The van der Waals surface area contributed by atoms with Crippen LogP contribution in [0.5, 0.6) is 0 Å². The van der Waals surface area contributed by atoms with Crippen molar-refractivity contribution in [3.8, 4) is 22.5 Å². The second-order valence-corrected chi connectivity index (χ2v) is 12.6. The fourth-order valence-electron chi connectivity index (χ4n) is 6.38. The minimum absolute atomic E-state index is 0.00790. The number of piperidine rings is 1. The van der Waals surface area contributed by atoms with E-state index in [4.69, 9.17) is 9.51 Å². The highest BCUT2D eigenvalue weighted by atomic mass is 16.5. The van der Waals surface area contributed by atoms with Gasteiger partial charge in [0.2, 0.25) is 5.91 Å². The Morgan fingerprint density at radius 1 is 1.02 bits per heavy atom. The maximum atomic E-state index is 14.2. The van der Waals surface area contributed by atoms with E-state index < -0.39 is 5.76 Å². The molecule has 232 valence electrons. The monoisotopic (exact) mass is 597 g/mol. The van der Waals surface area contributed by atoms with Crippen LogP contribution in [0.25, 0.3) is 22.5 Å². The lowest BCUT2D eigenvalue weighted by Gasteiger charge is -2.35. The maximum Gasteiger partial charge on any atom is 0.439 e. The number of aromatic nitrogens is 4. The molecule has 1 saturated heterocycles. The number of likely N-dealkylation sites (tertiary alicyclic amines) is 1. The van der Waals surface area contributed by atoms with Gasteiger partial charge >= 0.3 is 5.76 Å². The first-order valence-electron chi connectivity index (χ1n) is 15.8. The third kappa shape index (κ3) is 6.93. The van der Waals surface area contributed by atoms with Gasteiger partial charge in [-0.3, -0.25) is 23.7 Å². The quantitative estimate of drug-likeness (QED) is 0.247. The highest BCUT2D eigenvalue weighted by Crippen LogP contribution is 2.30. The van der Waals surface area contributed by atoms with Crippen LogP contribution >= 0.6 is 0 Å². The molecule has 1 fully saturated rings. The number of amides is 1. The number of nitrogens with one attached hydrogen (secondary N) is 1. The fourth-order valence-corrected chi connectivity index (χ4v) is 6.38. The van der Waals surface area contributed by atoms with Gasteiger partial charge in [-0.05, 0) is 47.3 Å². The van der Waals surface area contributed by atoms with Gasteiger partial charge in [-0.2, -0.15) is 0 Å². The summed E-state index contributed by atoms with van der Waals surface area (Å²) in [5.41, 5.74) is 4.68. The van der Waals surface area contributed by atoms with E-state index >= 15 is 0 Å². The molecule has 2 unspecified atom stereocenters. The molecule has 0 radical (unpaired) electrons. The number of benzene rings is 2. The first kappa shape index (κ1) is 31.2. The third-order valence-electron chi connectivity index (χ3n) is 8.45. The Morgan fingerprint density at radius 2 is 1.70 bits per heavy atom. The van der Waals surface area contributed by atoms with E-state index in [9.17, 15) is 14.4 Å². The summed E-state index contributed by atoms with van der Waals surface area (Å²) in [4.78, 5) is 48.9. The largest absolute Gasteiger partial charge is 0.439 e. The van der Waals surface area contributed by atoms with Crippen molar-refractivity contribution in [2.24, 2.45) is 11.8 Å². The van der Waals surface area contributed by atoms with E-state index in [1.54, 1.807) is 4.57 Å². The number of hydrogen-bond donors (Lipinski definition) is 1. The van der Waals surface area contributed by atoms with Gasteiger partial charge in [0.05, 0.1) is 18.7 Å². The summed E-state index contributed by atoms with van der Waals surface area (Å²) < 4.78 is 6.50. The van der Waals surface area contributed by atoms with Crippen molar-refractivity contribution < 1.29 is 9.32 Å². The summed E-state index contributed by atoms with van der Waals surface area (Å²) in [6, 6.07) is 15.7. The molecule has 2 atom stereocenters. The van der Waals surface area contributed by atoms with Gasteiger partial charge in [0.1, 0.15) is 5.82 Å². The molecule has 0 spiro atoms. The summed E-state index contributed by atoms with van der Waals surface area (Å²) in [5, 5.41) is 3.86. The molecule has 0 aliphatic carbocycles. The van der Waals surface area contributed by atoms with Crippen molar-refractivity contribution in [1.82, 2.24) is 24.6 Å². The summed E-state index contributed by atoms with van der Waals surface area (Å²) >= 11 is 0. The Kier molecular flexibility index (Phi) is 9.61. The predicted molar refractivity (Wildman–Crippen MR) is 172 cm³/mol. The number of aromatic amines is 1. The number of rotatable bonds is 10. The Labute approximate surface area is 258 Å². The lowest BCUT2D eigenvalue weighted by atomic mass is 9.91. The first-order chi connectivity index (χ1) is 21.1.